The number of morpholine rings is 1. The lowest BCUT2D eigenvalue weighted by molar-refractivity contribution is -0.119. The molecule has 1 aliphatic rings. The molecular weight excluding hydrogens is 452 g/mol. The van der Waals surface area contributed by atoms with Gasteiger partial charge in [0.25, 0.3) is 0 Å². The number of carbonyl (C=O) groups excluding carboxylic acids is 1. The molecular formula is C24H30N6O3S. The summed E-state index contributed by atoms with van der Waals surface area (Å²) in [6, 6.07) is 14.2. The van der Waals surface area contributed by atoms with Gasteiger partial charge >= 0.3 is 0 Å². The van der Waals surface area contributed by atoms with E-state index in [9.17, 15) is 4.79 Å². The van der Waals surface area contributed by atoms with E-state index in [1.54, 1.807) is 19.5 Å². The summed E-state index contributed by atoms with van der Waals surface area (Å²) in [5.74, 6) is 0.930. The fraction of sp³-hybridized carbons (Fsp3) is 0.417. The molecule has 1 aromatic carbocycles. The summed E-state index contributed by atoms with van der Waals surface area (Å²) in [5.41, 5.74) is 2.21. The molecule has 1 atom stereocenters. The van der Waals surface area contributed by atoms with Crippen molar-refractivity contribution in [3.8, 4) is 11.4 Å². The highest BCUT2D eigenvalue weighted by Crippen LogP contribution is 2.23. The van der Waals surface area contributed by atoms with E-state index < -0.39 is 0 Å². The summed E-state index contributed by atoms with van der Waals surface area (Å²) in [6.07, 6.45) is 3.42. The Kier molecular flexibility index (Phi) is 9.03. The molecule has 4 rings (SSSR count). The molecule has 2 aromatic heterocycles. The topological polar surface area (TPSA) is 94.4 Å². The maximum atomic E-state index is 12.5. The quantitative estimate of drug-likeness (QED) is 0.415. The molecule has 180 valence electrons. The largest absolute Gasteiger partial charge is 0.383 e. The third kappa shape index (κ3) is 6.86. The number of hydrogen-bond donors (Lipinski definition) is 1. The minimum absolute atomic E-state index is 0.0185. The van der Waals surface area contributed by atoms with Crippen molar-refractivity contribution in [1.29, 1.82) is 0 Å². The number of benzene rings is 1. The van der Waals surface area contributed by atoms with E-state index in [1.807, 2.05) is 22.8 Å². The van der Waals surface area contributed by atoms with Crippen molar-refractivity contribution in [2.24, 2.45) is 0 Å². The van der Waals surface area contributed by atoms with Crippen LogP contribution < -0.4 is 5.32 Å². The maximum Gasteiger partial charge on any atom is 0.230 e. The molecule has 3 heterocycles. The van der Waals surface area contributed by atoms with E-state index in [1.165, 1.54) is 17.3 Å². The molecule has 1 N–H and O–H groups in total. The number of hydrogen-bond acceptors (Lipinski definition) is 8. The summed E-state index contributed by atoms with van der Waals surface area (Å²) in [5, 5.41) is 12.3. The van der Waals surface area contributed by atoms with Crippen LogP contribution in [0.2, 0.25) is 0 Å². The second-order valence-electron chi connectivity index (χ2n) is 7.99. The summed E-state index contributed by atoms with van der Waals surface area (Å²) in [4.78, 5) is 19.0. The molecule has 10 heteroatoms. The Morgan fingerprint density at radius 1 is 1.21 bits per heavy atom. The van der Waals surface area contributed by atoms with Crippen molar-refractivity contribution in [2.75, 3.05) is 45.7 Å². The highest BCUT2D eigenvalue weighted by atomic mass is 32.2. The van der Waals surface area contributed by atoms with Gasteiger partial charge in [-0.05, 0) is 17.7 Å². The summed E-state index contributed by atoms with van der Waals surface area (Å²) in [7, 11) is 1.66. The minimum atomic E-state index is -0.0551. The first-order chi connectivity index (χ1) is 16.7. The molecule has 1 unspecified atom stereocenters. The molecule has 1 aliphatic heterocycles. The Labute approximate surface area is 203 Å². The fourth-order valence-electron chi connectivity index (χ4n) is 3.79. The van der Waals surface area contributed by atoms with E-state index in [4.69, 9.17) is 9.47 Å². The van der Waals surface area contributed by atoms with Crippen molar-refractivity contribution >= 4 is 17.7 Å². The summed E-state index contributed by atoms with van der Waals surface area (Å²) >= 11 is 1.36. The zero-order chi connectivity index (χ0) is 23.6. The number of ether oxygens (including phenoxy) is 2. The average molecular weight is 483 g/mol. The number of aromatic nitrogens is 4. The Bertz CT molecular complexity index is 1030. The van der Waals surface area contributed by atoms with Crippen molar-refractivity contribution in [3.63, 3.8) is 0 Å². The van der Waals surface area contributed by atoms with Gasteiger partial charge in [0, 0.05) is 51.2 Å². The van der Waals surface area contributed by atoms with Crippen molar-refractivity contribution in [3.05, 3.63) is 60.4 Å². The standard InChI is InChI=1S/C24H30N6O3S/c1-32-13-12-30-23(20-7-9-25-10-8-20)27-28-24(30)34-18-22(31)26-15-21-17-29(11-14-33-21)16-19-5-3-2-4-6-19/h2-10,21H,11-18H2,1H3,(H,26,31). The van der Waals surface area contributed by atoms with Gasteiger partial charge in [0.1, 0.15) is 0 Å². The van der Waals surface area contributed by atoms with Gasteiger partial charge in [-0.25, -0.2) is 0 Å². The first-order valence-electron chi connectivity index (χ1n) is 11.3. The Hall–Kier alpha value is -2.79. The molecule has 0 radical (unpaired) electrons. The van der Waals surface area contributed by atoms with Crippen LogP contribution >= 0.6 is 11.8 Å². The molecule has 1 amide bonds. The number of pyridine rings is 1. The van der Waals surface area contributed by atoms with Crippen LogP contribution in [0.5, 0.6) is 0 Å². The SMILES string of the molecule is COCCn1c(SCC(=O)NCC2CN(Cc3ccccc3)CCO2)nnc1-c1ccncc1. The molecule has 9 nitrogen and oxygen atoms in total. The van der Waals surface area contributed by atoms with E-state index in [-0.39, 0.29) is 17.8 Å². The number of amides is 1. The third-order valence-corrected chi connectivity index (χ3v) is 6.47. The van der Waals surface area contributed by atoms with Gasteiger partial charge in [0.15, 0.2) is 11.0 Å². The van der Waals surface area contributed by atoms with Gasteiger partial charge < -0.3 is 14.8 Å². The van der Waals surface area contributed by atoms with Crippen LogP contribution in [0.1, 0.15) is 5.56 Å². The van der Waals surface area contributed by atoms with E-state index >= 15 is 0 Å². The lowest BCUT2D eigenvalue weighted by Gasteiger charge is -2.33. The molecule has 0 saturated carbocycles. The smallest absolute Gasteiger partial charge is 0.230 e. The van der Waals surface area contributed by atoms with E-state index in [0.29, 0.717) is 31.5 Å². The predicted molar refractivity (Wildman–Crippen MR) is 130 cm³/mol. The molecule has 1 fully saturated rings. The summed E-state index contributed by atoms with van der Waals surface area (Å²) in [6.45, 7) is 4.86. The van der Waals surface area contributed by atoms with Gasteiger partial charge in [-0.2, -0.15) is 0 Å². The van der Waals surface area contributed by atoms with Gasteiger partial charge in [-0.3, -0.25) is 19.2 Å². The van der Waals surface area contributed by atoms with Crippen molar-refractivity contribution < 1.29 is 14.3 Å². The number of carbonyl (C=O) groups is 1. The summed E-state index contributed by atoms with van der Waals surface area (Å²) < 4.78 is 13.1. The van der Waals surface area contributed by atoms with Crippen LogP contribution in [0.3, 0.4) is 0 Å². The van der Waals surface area contributed by atoms with Crippen LogP contribution in [0.15, 0.2) is 60.0 Å². The number of rotatable bonds is 11. The van der Waals surface area contributed by atoms with Crippen molar-refractivity contribution in [2.45, 2.75) is 24.3 Å². The van der Waals surface area contributed by atoms with Gasteiger partial charge in [0.05, 0.1) is 31.6 Å². The first-order valence-corrected chi connectivity index (χ1v) is 12.3. The molecule has 0 spiro atoms. The predicted octanol–water partition coefficient (Wildman–Crippen LogP) is 2.10. The third-order valence-electron chi connectivity index (χ3n) is 5.51. The minimum Gasteiger partial charge on any atom is -0.383 e. The highest BCUT2D eigenvalue weighted by molar-refractivity contribution is 7.99. The van der Waals surface area contributed by atoms with Crippen LogP contribution in [-0.4, -0.2) is 82.4 Å². The monoisotopic (exact) mass is 482 g/mol. The first kappa shape index (κ1) is 24.3. The van der Waals surface area contributed by atoms with Crippen LogP contribution in [0.25, 0.3) is 11.4 Å². The van der Waals surface area contributed by atoms with Crippen LogP contribution in [-0.2, 0) is 27.4 Å². The number of nitrogens with zero attached hydrogens (tertiary/aromatic N) is 5. The molecule has 0 bridgehead atoms. The van der Waals surface area contributed by atoms with Gasteiger partial charge in [-0.15, -0.1) is 10.2 Å². The number of methoxy groups -OCH3 is 1. The Balaban J connectivity index is 1.27. The van der Waals surface area contributed by atoms with Crippen LogP contribution in [0, 0.1) is 0 Å². The van der Waals surface area contributed by atoms with Crippen molar-refractivity contribution in [1.82, 2.24) is 30.0 Å². The second kappa shape index (κ2) is 12.6. The fourth-order valence-corrected chi connectivity index (χ4v) is 4.59. The zero-order valence-corrected chi connectivity index (χ0v) is 20.1. The van der Waals surface area contributed by atoms with Crippen LogP contribution in [0.4, 0.5) is 0 Å². The molecule has 34 heavy (non-hydrogen) atoms. The Morgan fingerprint density at radius 2 is 2.03 bits per heavy atom. The molecule has 3 aromatic rings. The lowest BCUT2D eigenvalue weighted by Crippen LogP contribution is -2.47. The van der Waals surface area contributed by atoms with Gasteiger partial charge in [-0.1, -0.05) is 42.1 Å². The van der Waals surface area contributed by atoms with E-state index in [0.717, 1.165) is 31.0 Å². The van der Waals surface area contributed by atoms with Gasteiger partial charge in [0.2, 0.25) is 5.91 Å². The van der Waals surface area contributed by atoms with E-state index in [2.05, 4.69) is 49.7 Å². The molecule has 1 saturated heterocycles. The maximum absolute atomic E-state index is 12.5. The zero-order valence-electron chi connectivity index (χ0n) is 19.3. The number of thioether (sulfide) groups is 1. The molecule has 0 aliphatic carbocycles. The average Bonchev–Trinajstić information content (AvgIpc) is 3.29. The number of nitrogens with one attached hydrogen (secondary N) is 1. The lowest BCUT2D eigenvalue weighted by atomic mass is 10.2. The second-order valence-corrected chi connectivity index (χ2v) is 8.94. The Morgan fingerprint density at radius 3 is 2.82 bits per heavy atom. The normalized spacial score (nSPS) is 16.4. The highest BCUT2D eigenvalue weighted by Gasteiger charge is 2.21.